The standard InChI is InChI=1S/C17H21ClN4O2/c18-15-3-1-14(2-4-15)16(13-19)20-5-7-21(8-6-20)17(23)22-9-11-24-12-10-22/h1-4,16H,5-12H2. The summed E-state index contributed by atoms with van der Waals surface area (Å²) in [4.78, 5) is 18.3. The molecule has 2 amide bonds. The van der Waals surface area contributed by atoms with Crippen LogP contribution in [0.4, 0.5) is 4.79 Å². The van der Waals surface area contributed by atoms with E-state index >= 15 is 0 Å². The molecule has 128 valence electrons. The number of hydrogen-bond donors (Lipinski definition) is 0. The third-order valence-electron chi connectivity index (χ3n) is 4.54. The zero-order valence-electron chi connectivity index (χ0n) is 13.5. The number of rotatable bonds is 2. The van der Waals surface area contributed by atoms with Gasteiger partial charge in [-0.3, -0.25) is 4.90 Å². The van der Waals surface area contributed by atoms with Crippen molar-refractivity contribution in [1.29, 1.82) is 5.26 Å². The molecule has 2 aliphatic heterocycles. The maximum Gasteiger partial charge on any atom is 0.320 e. The number of nitrogens with zero attached hydrogens (tertiary/aromatic N) is 4. The fraction of sp³-hybridized carbons (Fsp3) is 0.529. The Morgan fingerprint density at radius 2 is 1.62 bits per heavy atom. The second kappa shape index (κ2) is 7.84. The molecule has 7 heteroatoms. The molecule has 0 N–H and O–H groups in total. The van der Waals surface area contributed by atoms with Crippen molar-refractivity contribution in [1.82, 2.24) is 14.7 Å². The maximum atomic E-state index is 12.5. The van der Waals surface area contributed by atoms with Gasteiger partial charge < -0.3 is 14.5 Å². The van der Waals surface area contributed by atoms with Gasteiger partial charge in [0, 0.05) is 44.3 Å². The Bertz CT molecular complexity index is 602. The second-order valence-corrected chi connectivity index (χ2v) is 6.42. The van der Waals surface area contributed by atoms with E-state index < -0.39 is 0 Å². The first-order chi connectivity index (χ1) is 11.7. The Hall–Kier alpha value is -1.81. The predicted octanol–water partition coefficient (Wildman–Crippen LogP) is 1.97. The summed E-state index contributed by atoms with van der Waals surface area (Å²) < 4.78 is 5.29. The highest BCUT2D eigenvalue weighted by Crippen LogP contribution is 2.23. The third-order valence-corrected chi connectivity index (χ3v) is 4.79. The molecule has 1 aromatic rings. The minimum atomic E-state index is -0.303. The van der Waals surface area contributed by atoms with Crippen LogP contribution >= 0.6 is 11.6 Å². The van der Waals surface area contributed by atoms with Gasteiger partial charge in [-0.2, -0.15) is 5.26 Å². The molecule has 0 saturated carbocycles. The van der Waals surface area contributed by atoms with Crippen LogP contribution in [0.15, 0.2) is 24.3 Å². The van der Waals surface area contributed by atoms with Crippen LogP contribution in [-0.4, -0.2) is 73.2 Å². The highest BCUT2D eigenvalue weighted by Gasteiger charge is 2.29. The molecule has 2 aliphatic rings. The molecule has 0 bridgehead atoms. The van der Waals surface area contributed by atoms with Gasteiger partial charge in [0.05, 0.1) is 19.3 Å². The van der Waals surface area contributed by atoms with E-state index in [4.69, 9.17) is 16.3 Å². The van der Waals surface area contributed by atoms with Crippen molar-refractivity contribution in [3.05, 3.63) is 34.9 Å². The Balaban J connectivity index is 1.58. The summed E-state index contributed by atoms with van der Waals surface area (Å²) in [6.07, 6.45) is 0. The normalized spacial score (nSPS) is 20.5. The van der Waals surface area contributed by atoms with Crippen molar-refractivity contribution in [2.75, 3.05) is 52.5 Å². The number of piperazine rings is 1. The van der Waals surface area contributed by atoms with Crippen molar-refractivity contribution in [3.63, 3.8) is 0 Å². The maximum absolute atomic E-state index is 12.5. The summed E-state index contributed by atoms with van der Waals surface area (Å²) in [5.41, 5.74) is 0.940. The van der Waals surface area contributed by atoms with Crippen LogP contribution in [0.2, 0.25) is 5.02 Å². The fourth-order valence-electron chi connectivity index (χ4n) is 3.14. The molecule has 6 nitrogen and oxygen atoms in total. The molecule has 24 heavy (non-hydrogen) atoms. The Labute approximate surface area is 147 Å². The molecular weight excluding hydrogens is 328 g/mol. The smallest absolute Gasteiger partial charge is 0.320 e. The lowest BCUT2D eigenvalue weighted by Gasteiger charge is -2.39. The van der Waals surface area contributed by atoms with Crippen LogP contribution in [0.1, 0.15) is 11.6 Å². The zero-order valence-corrected chi connectivity index (χ0v) is 14.3. The van der Waals surface area contributed by atoms with Crippen LogP contribution in [0.25, 0.3) is 0 Å². The van der Waals surface area contributed by atoms with E-state index in [9.17, 15) is 10.1 Å². The molecule has 1 aromatic carbocycles. The lowest BCUT2D eigenvalue weighted by atomic mass is 10.1. The Kier molecular flexibility index (Phi) is 5.56. The molecule has 2 heterocycles. The zero-order chi connectivity index (χ0) is 16.9. The van der Waals surface area contributed by atoms with E-state index in [1.807, 2.05) is 21.9 Å². The van der Waals surface area contributed by atoms with Crippen molar-refractivity contribution in [2.24, 2.45) is 0 Å². The van der Waals surface area contributed by atoms with E-state index in [-0.39, 0.29) is 12.1 Å². The topological polar surface area (TPSA) is 59.8 Å². The molecule has 0 aromatic heterocycles. The van der Waals surface area contributed by atoms with Gasteiger partial charge >= 0.3 is 6.03 Å². The Morgan fingerprint density at radius 1 is 1.04 bits per heavy atom. The summed E-state index contributed by atoms with van der Waals surface area (Å²) in [7, 11) is 0. The highest BCUT2D eigenvalue weighted by molar-refractivity contribution is 6.30. The number of carbonyl (C=O) groups is 1. The Morgan fingerprint density at radius 3 is 2.21 bits per heavy atom. The predicted molar refractivity (Wildman–Crippen MR) is 90.7 cm³/mol. The SMILES string of the molecule is N#CC(c1ccc(Cl)cc1)N1CCN(C(=O)N2CCOCC2)CC1. The number of ether oxygens (including phenoxy) is 1. The molecule has 0 aliphatic carbocycles. The molecule has 2 fully saturated rings. The van der Waals surface area contributed by atoms with E-state index in [0.717, 1.165) is 5.56 Å². The first-order valence-electron chi connectivity index (χ1n) is 8.20. The fourth-order valence-corrected chi connectivity index (χ4v) is 3.26. The molecule has 1 atom stereocenters. The molecule has 1 unspecified atom stereocenters. The van der Waals surface area contributed by atoms with E-state index in [1.165, 1.54) is 0 Å². The summed E-state index contributed by atoms with van der Waals surface area (Å²) >= 11 is 5.92. The minimum Gasteiger partial charge on any atom is -0.378 e. The van der Waals surface area contributed by atoms with Gasteiger partial charge in [-0.05, 0) is 17.7 Å². The number of morpholine rings is 1. The van der Waals surface area contributed by atoms with E-state index in [2.05, 4.69) is 11.0 Å². The number of urea groups is 1. The quantitative estimate of drug-likeness (QED) is 0.820. The van der Waals surface area contributed by atoms with Gasteiger partial charge in [-0.1, -0.05) is 23.7 Å². The van der Waals surface area contributed by atoms with E-state index in [1.54, 1.807) is 12.1 Å². The lowest BCUT2D eigenvalue weighted by molar-refractivity contribution is 0.0363. The monoisotopic (exact) mass is 348 g/mol. The van der Waals surface area contributed by atoms with Gasteiger partial charge in [0.2, 0.25) is 0 Å². The van der Waals surface area contributed by atoms with Crippen molar-refractivity contribution in [2.45, 2.75) is 6.04 Å². The van der Waals surface area contributed by atoms with Gasteiger partial charge in [-0.15, -0.1) is 0 Å². The summed E-state index contributed by atoms with van der Waals surface area (Å²) in [5, 5.41) is 10.2. The summed E-state index contributed by atoms with van der Waals surface area (Å²) in [6, 6.07) is 9.54. The summed E-state index contributed by atoms with van der Waals surface area (Å²) in [6.45, 7) is 5.20. The number of halogens is 1. The summed E-state index contributed by atoms with van der Waals surface area (Å²) in [5.74, 6) is 0. The van der Waals surface area contributed by atoms with Crippen LogP contribution in [0, 0.1) is 11.3 Å². The largest absolute Gasteiger partial charge is 0.378 e. The van der Waals surface area contributed by atoms with Gasteiger partial charge in [0.1, 0.15) is 6.04 Å². The number of hydrogen-bond acceptors (Lipinski definition) is 4. The first kappa shape index (κ1) is 17.0. The van der Waals surface area contributed by atoms with Crippen molar-refractivity contribution >= 4 is 17.6 Å². The van der Waals surface area contributed by atoms with Crippen molar-refractivity contribution < 1.29 is 9.53 Å². The van der Waals surface area contributed by atoms with Gasteiger partial charge in [-0.25, -0.2) is 4.79 Å². The lowest BCUT2D eigenvalue weighted by Crippen LogP contribution is -2.55. The number of amides is 2. The molecule has 0 radical (unpaired) electrons. The van der Waals surface area contributed by atoms with Crippen LogP contribution in [0.5, 0.6) is 0 Å². The van der Waals surface area contributed by atoms with Crippen LogP contribution in [0.3, 0.4) is 0 Å². The molecule has 2 saturated heterocycles. The average molecular weight is 349 g/mol. The number of benzene rings is 1. The molecule has 0 spiro atoms. The third kappa shape index (κ3) is 3.81. The molecule has 3 rings (SSSR count). The minimum absolute atomic E-state index is 0.0814. The van der Waals surface area contributed by atoms with Gasteiger partial charge in [0.25, 0.3) is 0 Å². The van der Waals surface area contributed by atoms with Gasteiger partial charge in [0.15, 0.2) is 0 Å². The number of carbonyl (C=O) groups excluding carboxylic acids is 1. The second-order valence-electron chi connectivity index (χ2n) is 5.99. The average Bonchev–Trinajstić information content (AvgIpc) is 2.64. The van der Waals surface area contributed by atoms with E-state index in [0.29, 0.717) is 57.5 Å². The number of nitriles is 1. The first-order valence-corrected chi connectivity index (χ1v) is 8.57. The van der Waals surface area contributed by atoms with Crippen LogP contribution < -0.4 is 0 Å². The van der Waals surface area contributed by atoms with Crippen LogP contribution in [-0.2, 0) is 4.74 Å². The molecular formula is C17H21ClN4O2. The van der Waals surface area contributed by atoms with Crippen molar-refractivity contribution in [3.8, 4) is 6.07 Å². The highest BCUT2D eigenvalue weighted by atomic mass is 35.5.